The second kappa shape index (κ2) is 2.93. The molecule has 1 heterocycles. The Bertz CT molecular complexity index is 369. The van der Waals surface area contributed by atoms with Crippen LogP contribution < -0.4 is 0 Å². The van der Waals surface area contributed by atoms with Crippen molar-refractivity contribution in [1.29, 1.82) is 0 Å². The van der Waals surface area contributed by atoms with Crippen molar-refractivity contribution >= 4 is 17.1 Å². The van der Waals surface area contributed by atoms with E-state index in [0.717, 1.165) is 16.7 Å². The topological polar surface area (TPSA) is 17.1 Å². The summed E-state index contributed by atoms with van der Waals surface area (Å²) in [5.41, 5.74) is 1.17. The van der Waals surface area contributed by atoms with Crippen molar-refractivity contribution in [3.63, 3.8) is 0 Å². The molecular formula is C12H14OS. The van der Waals surface area contributed by atoms with Crippen LogP contribution in [0.15, 0.2) is 11.4 Å². The summed E-state index contributed by atoms with van der Waals surface area (Å²) in [6.45, 7) is 2.04. The first-order valence-corrected chi connectivity index (χ1v) is 6.22. The molecule has 2 fully saturated rings. The maximum absolute atomic E-state index is 12.1. The molecule has 0 bridgehead atoms. The lowest BCUT2D eigenvalue weighted by Gasteiger charge is -2.09. The lowest BCUT2D eigenvalue weighted by molar-refractivity contribution is 0.0918. The number of carbonyl (C=O) groups excluding carboxylic acids is 1. The first-order valence-electron chi connectivity index (χ1n) is 5.34. The molecule has 0 amide bonds. The van der Waals surface area contributed by atoms with Crippen LogP contribution in [0.2, 0.25) is 0 Å². The molecule has 2 unspecified atom stereocenters. The van der Waals surface area contributed by atoms with Crippen molar-refractivity contribution in [3.05, 3.63) is 21.9 Å². The normalized spacial score (nSPS) is 34.2. The van der Waals surface area contributed by atoms with Crippen molar-refractivity contribution in [3.8, 4) is 0 Å². The molecule has 3 rings (SSSR count). The fraction of sp³-hybridized carbons (Fsp3) is 0.583. The number of fused-ring (bicyclic) bond motifs is 1. The molecule has 0 aromatic carbocycles. The van der Waals surface area contributed by atoms with Crippen LogP contribution in [0.25, 0.3) is 0 Å². The first kappa shape index (κ1) is 8.66. The van der Waals surface area contributed by atoms with Crippen LogP contribution in [-0.2, 0) is 0 Å². The van der Waals surface area contributed by atoms with Gasteiger partial charge in [-0.15, -0.1) is 11.3 Å². The van der Waals surface area contributed by atoms with E-state index in [0.29, 0.717) is 11.7 Å². The van der Waals surface area contributed by atoms with Crippen molar-refractivity contribution in [1.82, 2.24) is 0 Å². The fourth-order valence-corrected chi connectivity index (χ4v) is 3.68. The second-order valence-electron chi connectivity index (χ2n) is 4.72. The number of rotatable bonds is 2. The van der Waals surface area contributed by atoms with Crippen LogP contribution >= 0.6 is 11.3 Å². The predicted molar refractivity (Wildman–Crippen MR) is 57.7 cm³/mol. The fourth-order valence-electron chi connectivity index (χ4n) is 2.74. The van der Waals surface area contributed by atoms with E-state index < -0.39 is 0 Å². The smallest absolute Gasteiger partial charge is 0.176 e. The van der Waals surface area contributed by atoms with Crippen LogP contribution in [0.1, 0.15) is 34.5 Å². The molecule has 0 spiro atoms. The molecule has 2 atom stereocenters. The highest BCUT2D eigenvalue weighted by Gasteiger charge is 2.48. The molecular weight excluding hydrogens is 192 g/mol. The van der Waals surface area contributed by atoms with Crippen LogP contribution in [-0.4, -0.2) is 5.78 Å². The van der Waals surface area contributed by atoms with Gasteiger partial charge in [0.25, 0.3) is 0 Å². The number of ketones is 1. The number of Topliss-reactive ketones (excluding diaryl/α,β-unsaturated/α-hetero) is 1. The second-order valence-corrected chi connectivity index (χ2v) is 5.64. The summed E-state index contributed by atoms with van der Waals surface area (Å²) in [7, 11) is 0. The zero-order valence-corrected chi connectivity index (χ0v) is 9.14. The van der Waals surface area contributed by atoms with E-state index in [4.69, 9.17) is 0 Å². The molecule has 14 heavy (non-hydrogen) atoms. The van der Waals surface area contributed by atoms with Gasteiger partial charge in [0.2, 0.25) is 0 Å². The average Bonchev–Trinajstić information content (AvgIpc) is 2.64. The summed E-state index contributed by atoms with van der Waals surface area (Å²) in [5, 5.41) is 2.03. The van der Waals surface area contributed by atoms with E-state index in [9.17, 15) is 4.79 Å². The van der Waals surface area contributed by atoms with E-state index in [2.05, 4.69) is 0 Å². The summed E-state index contributed by atoms with van der Waals surface area (Å²) < 4.78 is 0. The van der Waals surface area contributed by atoms with Gasteiger partial charge in [-0.2, -0.15) is 0 Å². The quantitative estimate of drug-likeness (QED) is 0.679. The summed E-state index contributed by atoms with van der Waals surface area (Å²) in [5.74, 6) is 2.59. The largest absolute Gasteiger partial charge is 0.293 e. The molecule has 1 aromatic rings. The number of hydrogen-bond donors (Lipinski definition) is 0. The summed E-state index contributed by atoms with van der Waals surface area (Å²) in [6, 6.07) is 2.05. The van der Waals surface area contributed by atoms with Gasteiger partial charge >= 0.3 is 0 Å². The average molecular weight is 206 g/mol. The zero-order valence-electron chi connectivity index (χ0n) is 8.32. The minimum atomic E-state index is 0.357. The number of thiophene rings is 1. The highest BCUT2D eigenvalue weighted by Crippen LogP contribution is 2.55. The van der Waals surface area contributed by atoms with Gasteiger partial charge < -0.3 is 0 Å². The molecule has 0 N–H and O–H groups in total. The van der Waals surface area contributed by atoms with Crippen LogP contribution in [0.5, 0.6) is 0 Å². The van der Waals surface area contributed by atoms with Gasteiger partial charge in [0.1, 0.15) is 0 Å². The lowest BCUT2D eigenvalue weighted by atomic mass is 9.96. The third-order valence-electron chi connectivity index (χ3n) is 3.70. The van der Waals surface area contributed by atoms with E-state index in [1.165, 1.54) is 24.8 Å². The monoisotopic (exact) mass is 206 g/mol. The Balaban J connectivity index is 1.79. The van der Waals surface area contributed by atoms with E-state index in [-0.39, 0.29) is 0 Å². The molecule has 2 aliphatic carbocycles. The number of aryl methyl sites for hydroxylation is 1. The molecule has 2 saturated carbocycles. The molecule has 0 saturated heterocycles. The van der Waals surface area contributed by atoms with Crippen LogP contribution in [0, 0.1) is 24.7 Å². The van der Waals surface area contributed by atoms with Crippen molar-refractivity contribution < 1.29 is 4.79 Å². The van der Waals surface area contributed by atoms with Gasteiger partial charge in [-0.1, -0.05) is 0 Å². The summed E-state index contributed by atoms with van der Waals surface area (Å²) >= 11 is 1.61. The Morgan fingerprint density at radius 1 is 1.36 bits per heavy atom. The number of carbonyl (C=O) groups is 1. The van der Waals surface area contributed by atoms with E-state index in [1.807, 2.05) is 18.4 Å². The minimum absolute atomic E-state index is 0.357. The van der Waals surface area contributed by atoms with Gasteiger partial charge in [-0.3, -0.25) is 4.79 Å². The Labute approximate surface area is 88.1 Å². The van der Waals surface area contributed by atoms with E-state index in [1.54, 1.807) is 11.3 Å². The van der Waals surface area contributed by atoms with Gasteiger partial charge in [0, 0.05) is 5.92 Å². The van der Waals surface area contributed by atoms with Crippen LogP contribution in [0.3, 0.4) is 0 Å². The zero-order chi connectivity index (χ0) is 9.71. The minimum Gasteiger partial charge on any atom is -0.293 e. The van der Waals surface area contributed by atoms with Crippen molar-refractivity contribution in [2.24, 2.45) is 17.8 Å². The van der Waals surface area contributed by atoms with Gasteiger partial charge in [0.05, 0.1) is 4.88 Å². The lowest BCUT2D eigenvalue weighted by Crippen LogP contribution is -2.12. The Morgan fingerprint density at radius 3 is 2.64 bits per heavy atom. The standard InChI is InChI=1S/C12H14OS/c1-7-2-3-14-12(7)11(13)10-5-8-4-9(8)6-10/h2-3,8-10H,4-6H2,1H3. The highest BCUT2D eigenvalue weighted by atomic mass is 32.1. The maximum atomic E-state index is 12.1. The van der Waals surface area contributed by atoms with Crippen molar-refractivity contribution in [2.75, 3.05) is 0 Å². The van der Waals surface area contributed by atoms with Gasteiger partial charge in [-0.25, -0.2) is 0 Å². The first-order chi connectivity index (χ1) is 6.75. The summed E-state index contributed by atoms with van der Waals surface area (Å²) in [6.07, 6.45) is 3.73. The molecule has 2 aliphatic rings. The van der Waals surface area contributed by atoms with Gasteiger partial charge in [0.15, 0.2) is 5.78 Å². The van der Waals surface area contributed by atoms with Gasteiger partial charge in [-0.05, 0) is 55.0 Å². The Morgan fingerprint density at radius 2 is 2.07 bits per heavy atom. The third kappa shape index (κ3) is 1.24. The highest BCUT2D eigenvalue weighted by molar-refractivity contribution is 7.12. The summed E-state index contributed by atoms with van der Waals surface area (Å²) in [4.78, 5) is 13.1. The Kier molecular flexibility index (Phi) is 1.81. The Hall–Kier alpha value is -0.630. The SMILES string of the molecule is Cc1ccsc1C(=O)C1CC2CC2C1. The molecule has 0 aliphatic heterocycles. The molecule has 74 valence electrons. The van der Waals surface area contributed by atoms with Crippen molar-refractivity contribution in [2.45, 2.75) is 26.2 Å². The van der Waals surface area contributed by atoms with Crippen LogP contribution in [0.4, 0.5) is 0 Å². The maximum Gasteiger partial charge on any atom is 0.176 e. The predicted octanol–water partition coefficient (Wildman–Crippen LogP) is 3.29. The van der Waals surface area contributed by atoms with E-state index >= 15 is 0 Å². The molecule has 1 nitrogen and oxygen atoms in total. The molecule has 1 aromatic heterocycles. The third-order valence-corrected chi connectivity index (χ3v) is 4.73. The number of hydrogen-bond acceptors (Lipinski definition) is 2. The molecule has 0 radical (unpaired) electrons. The molecule has 2 heteroatoms.